The highest BCUT2D eigenvalue weighted by atomic mass is 16.1. The molecule has 3 aliphatic rings. The summed E-state index contributed by atoms with van der Waals surface area (Å²) < 4.78 is 0. The molecule has 1 saturated carbocycles. The highest BCUT2D eigenvalue weighted by Gasteiger charge is 2.30. The van der Waals surface area contributed by atoms with Gasteiger partial charge in [0, 0.05) is 60.8 Å². The van der Waals surface area contributed by atoms with Crippen LogP contribution in [-0.4, -0.2) is 55.1 Å². The number of anilines is 2. The van der Waals surface area contributed by atoms with E-state index in [-0.39, 0.29) is 5.91 Å². The second-order valence-electron chi connectivity index (χ2n) is 10.4. The Labute approximate surface area is 207 Å². The van der Waals surface area contributed by atoms with Crippen LogP contribution >= 0.6 is 0 Å². The third-order valence-electron chi connectivity index (χ3n) is 7.85. The number of hydrogen-bond donors (Lipinski definition) is 2. The Kier molecular flexibility index (Phi) is 5.69. The lowest BCUT2D eigenvalue weighted by atomic mass is 9.94. The van der Waals surface area contributed by atoms with Crippen molar-refractivity contribution in [1.82, 2.24) is 15.2 Å². The van der Waals surface area contributed by atoms with Crippen LogP contribution in [0.2, 0.25) is 0 Å². The van der Waals surface area contributed by atoms with Gasteiger partial charge in [0.25, 0.3) is 5.91 Å². The number of carbonyl (C=O) groups is 1. The smallest absolute Gasteiger partial charge is 0.251 e. The number of aromatic nitrogens is 1. The van der Waals surface area contributed by atoms with E-state index < -0.39 is 0 Å². The minimum atomic E-state index is -0.00313. The van der Waals surface area contributed by atoms with Crippen LogP contribution in [0.25, 0.3) is 22.3 Å². The number of nitrogens with one attached hydrogen (secondary N) is 1. The molecule has 180 valence electrons. The van der Waals surface area contributed by atoms with E-state index >= 15 is 0 Å². The zero-order valence-corrected chi connectivity index (χ0v) is 20.3. The van der Waals surface area contributed by atoms with Gasteiger partial charge in [-0.3, -0.25) is 4.79 Å². The third kappa shape index (κ3) is 4.50. The normalized spacial score (nSPS) is 19.7. The van der Waals surface area contributed by atoms with E-state index in [0.29, 0.717) is 18.4 Å². The van der Waals surface area contributed by atoms with Crippen LogP contribution in [0.15, 0.2) is 54.7 Å². The number of likely N-dealkylation sites (N-methyl/N-ethyl adjacent to an activating group) is 1. The molecule has 0 bridgehead atoms. The summed E-state index contributed by atoms with van der Waals surface area (Å²) >= 11 is 0. The van der Waals surface area contributed by atoms with Crippen LogP contribution in [0.1, 0.15) is 35.2 Å². The van der Waals surface area contributed by atoms with Crippen molar-refractivity contribution < 1.29 is 4.79 Å². The fourth-order valence-electron chi connectivity index (χ4n) is 5.52. The van der Waals surface area contributed by atoms with Gasteiger partial charge in [0.15, 0.2) is 0 Å². The summed E-state index contributed by atoms with van der Waals surface area (Å²) in [5.74, 6) is 1.44. The van der Waals surface area contributed by atoms with E-state index in [2.05, 4.69) is 63.5 Å². The highest BCUT2D eigenvalue weighted by molar-refractivity contribution is 5.97. The summed E-state index contributed by atoms with van der Waals surface area (Å²) in [6.07, 6.45) is 6.73. The Morgan fingerprint density at radius 2 is 1.83 bits per heavy atom. The molecule has 6 rings (SSSR count). The van der Waals surface area contributed by atoms with Gasteiger partial charge in [-0.1, -0.05) is 24.3 Å². The summed E-state index contributed by atoms with van der Waals surface area (Å²) in [4.78, 5) is 21.7. The van der Waals surface area contributed by atoms with Crippen LogP contribution < -0.4 is 16.0 Å². The Balaban J connectivity index is 1.20. The van der Waals surface area contributed by atoms with Crippen LogP contribution in [0.3, 0.4) is 0 Å². The molecule has 0 spiro atoms. The number of amides is 1. The molecule has 3 N–H and O–H groups in total. The third-order valence-corrected chi connectivity index (χ3v) is 7.85. The van der Waals surface area contributed by atoms with E-state index in [9.17, 15) is 4.79 Å². The van der Waals surface area contributed by atoms with Gasteiger partial charge in [-0.25, -0.2) is 4.98 Å². The van der Waals surface area contributed by atoms with Crippen LogP contribution in [-0.2, 0) is 6.42 Å². The number of nitrogen functional groups attached to an aromatic ring is 1. The number of carbonyl (C=O) groups excluding carboxylic acids is 1. The molecule has 35 heavy (non-hydrogen) atoms. The molecule has 0 unspecified atom stereocenters. The number of hydrogen-bond acceptors (Lipinski definition) is 5. The molecule has 1 aliphatic carbocycles. The minimum Gasteiger partial charge on any atom is -0.383 e. The summed E-state index contributed by atoms with van der Waals surface area (Å²) in [7, 11) is 2.29. The van der Waals surface area contributed by atoms with E-state index in [1.54, 1.807) is 0 Å². The molecule has 2 aliphatic heterocycles. The molecule has 3 aromatic rings. The van der Waals surface area contributed by atoms with Crippen molar-refractivity contribution in [2.45, 2.75) is 31.7 Å². The Morgan fingerprint density at radius 1 is 1.03 bits per heavy atom. The molecule has 1 aromatic heterocycles. The van der Waals surface area contributed by atoms with Crippen molar-refractivity contribution in [3.05, 3.63) is 65.9 Å². The van der Waals surface area contributed by atoms with Crippen molar-refractivity contribution in [2.75, 3.05) is 43.9 Å². The van der Waals surface area contributed by atoms with Crippen molar-refractivity contribution in [3.63, 3.8) is 0 Å². The van der Waals surface area contributed by atoms with Gasteiger partial charge in [0.05, 0.1) is 0 Å². The number of benzene rings is 2. The zero-order chi connectivity index (χ0) is 23.9. The maximum Gasteiger partial charge on any atom is 0.251 e. The Bertz CT molecular complexity index is 1250. The average molecular weight is 468 g/mol. The number of fused-ring (bicyclic) bond motifs is 1. The molecule has 1 amide bonds. The number of nitrogens with zero attached hydrogens (tertiary/aromatic N) is 3. The maximum absolute atomic E-state index is 12.1. The molecule has 6 heteroatoms. The predicted octanol–water partition coefficient (Wildman–Crippen LogP) is 4.20. The first-order chi connectivity index (χ1) is 17.0. The van der Waals surface area contributed by atoms with Crippen molar-refractivity contribution in [1.29, 1.82) is 0 Å². The maximum atomic E-state index is 12.1. The SMILES string of the molecule is CN(CC1CC1)[C@@H]1CCN(c2ccc(-c3cnc(N)c(-c4ccc5c(c4)CCNC5=O)c3)cc2)C1. The van der Waals surface area contributed by atoms with Gasteiger partial charge < -0.3 is 20.9 Å². The lowest BCUT2D eigenvalue weighted by Gasteiger charge is -2.25. The quantitative estimate of drug-likeness (QED) is 0.568. The van der Waals surface area contributed by atoms with Gasteiger partial charge in [0.2, 0.25) is 0 Å². The van der Waals surface area contributed by atoms with E-state index in [1.807, 2.05) is 18.3 Å². The van der Waals surface area contributed by atoms with Crippen LogP contribution in [0.5, 0.6) is 0 Å². The lowest BCUT2D eigenvalue weighted by molar-refractivity contribution is 0.0946. The first kappa shape index (κ1) is 22.1. The first-order valence-electron chi connectivity index (χ1n) is 12.8. The zero-order valence-electron chi connectivity index (χ0n) is 20.3. The van der Waals surface area contributed by atoms with Crippen molar-refractivity contribution in [2.24, 2.45) is 5.92 Å². The second kappa shape index (κ2) is 9.00. The van der Waals surface area contributed by atoms with Crippen LogP contribution in [0, 0.1) is 5.92 Å². The van der Waals surface area contributed by atoms with E-state index in [1.165, 1.54) is 31.5 Å². The molecule has 0 radical (unpaired) electrons. The molecule has 1 saturated heterocycles. The first-order valence-corrected chi connectivity index (χ1v) is 12.8. The molecular weight excluding hydrogens is 434 g/mol. The minimum absolute atomic E-state index is 0.00313. The molecule has 2 aromatic carbocycles. The standard InChI is InChI=1S/C29H33N5O/c1-33(17-19-2-3-19)25-11-13-34(18-25)24-7-4-20(5-8-24)23-15-27(28(30)32-16-23)21-6-9-26-22(14-21)10-12-31-29(26)35/h4-9,14-16,19,25H,2-3,10-13,17-18H2,1H3,(H2,30,32)(H,31,35)/t25-/m1/s1. The molecule has 1 atom stereocenters. The van der Waals surface area contributed by atoms with Gasteiger partial charge in [-0.05, 0) is 79.6 Å². The number of pyridine rings is 1. The number of nitrogens with two attached hydrogens (primary N) is 1. The largest absolute Gasteiger partial charge is 0.383 e. The monoisotopic (exact) mass is 467 g/mol. The predicted molar refractivity (Wildman–Crippen MR) is 142 cm³/mol. The van der Waals surface area contributed by atoms with E-state index in [0.717, 1.165) is 58.8 Å². The summed E-state index contributed by atoms with van der Waals surface area (Å²) in [5, 5.41) is 2.90. The van der Waals surface area contributed by atoms with Gasteiger partial charge in [-0.15, -0.1) is 0 Å². The summed E-state index contributed by atoms with van der Waals surface area (Å²) in [5.41, 5.74) is 13.5. The fraction of sp³-hybridized carbons (Fsp3) is 0.379. The van der Waals surface area contributed by atoms with E-state index in [4.69, 9.17) is 5.73 Å². The van der Waals surface area contributed by atoms with Crippen molar-refractivity contribution >= 4 is 17.4 Å². The average Bonchev–Trinajstić information content (AvgIpc) is 3.55. The van der Waals surface area contributed by atoms with Gasteiger partial charge in [0.1, 0.15) is 5.82 Å². The van der Waals surface area contributed by atoms with Gasteiger partial charge >= 0.3 is 0 Å². The Hall–Kier alpha value is -3.38. The second-order valence-corrected chi connectivity index (χ2v) is 10.4. The number of rotatable bonds is 6. The molecule has 2 fully saturated rings. The molecule has 3 heterocycles. The molecular formula is C29H33N5O. The Morgan fingerprint density at radius 3 is 2.63 bits per heavy atom. The fourth-order valence-corrected chi connectivity index (χ4v) is 5.52. The topological polar surface area (TPSA) is 74.5 Å². The lowest BCUT2D eigenvalue weighted by Crippen LogP contribution is -2.35. The summed E-state index contributed by atoms with van der Waals surface area (Å²) in [6, 6.07) is 17.5. The van der Waals surface area contributed by atoms with Gasteiger partial charge in [-0.2, -0.15) is 0 Å². The summed E-state index contributed by atoms with van der Waals surface area (Å²) in [6.45, 7) is 4.14. The van der Waals surface area contributed by atoms with Crippen LogP contribution in [0.4, 0.5) is 11.5 Å². The highest BCUT2D eigenvalue weighted by Crippen LogP contribution is 2.34. The van der Waals surface area contributed by atoms with Crippen molar-refractivity contribution in [3.8, 4) is 22.3 Å². The molecule has 6 nitrogen and oxygen atoms in total.